The summed E-state index contributed by atoms with van der Waals surface area (Å²) in [6.45, 7) is 3.93. The molecule has 0 saturated heterocycles. The lowest BCUT2D eigenvalue weighted by Gasteiger charge is -2.34. The third kappa shape index (κ3) is 24.1. The van der Waals surface area contributed by atoms with Crippen LogP contribution in [0.2, 0.25) is 0 Å². The second-order valence-electron chi connectivity index (χ2n) is 13.5. The number of rotatable bonds is 34. The maximum Gasteiger partial charge on any atom is 0.305 e. The van der Waals surface area contributed by atoms with Gasteiger partial charge in [0.05, 0.1) is 43.9 Å². The van der Waals surface area contributed by atoms with Crippen LogP contribution in [-0.2, 0) is 33.3 Å². The molecule has 10 nitrogen and oxygen atoms in total. The van der Waals surface area contributed by atoms with Crippen molar-refractivity contribution >= 4 is 17.9 Å². The van der Waals surface area contributed by atoms with Crippen LogP contribution >= 0.6 is 0 Å². The van der Waals surface area contributed by atoms with Crippen LogP contribution in [0.5, 0.6) is 0 Å². The maximum absolute atomic E-state index is 12.5. The van der Waals surface area contributed by atoms with Crippen LogP contribution in [0.3, 0.4) is 0 Å². The number of esters is 3. The summed E-state index contributed by atoms with van der Waals surface area (Å²) < 4.78 is 22.4. The molecule has 0 atom stereocenters. The monoisotopic (exact) mass is 674 g/mol. The van der Waals surface area contributed by atoms with Crippen molar-refractivity contribution in [3.63, 3.8) is 0 Å². The van der Waals surface area contributed by atoms with E-state index < -0.39 is 48.6 Å². The van der Waals surface area contributed by atoms with E-state index in [4.69, 9.17) is 18.9 Å². The van der Waals surface area contributed by atoms with Crippen molar-refractivity contribution in [2.75, 3.05) is 52.9 Å². The van der Waals surface area contributed by atoms with Crippen LogP contribution in [0.25, 0.3) is 0 Å². The van der Waals surface area contributed by atoms with Gasteiger partial charge < -0.3 is 34.3 Å². The summed E-state index contributed by atoms with van der Waals surface area (Å²) in [7, 11) is 0. The molecule has 0 bridgehead atoms. The molecule has 0 aliphatic rings. The van der Waals surface area contributed by atoms with Gasteiger partial charge in [-0.05, 0) is 19.3 Å². The van der Waals surface area contributed by atoms with Crippen molar-refractivity contribution in [1.82, 2.24) is 0 Å². The van der Waals surface area contributed by atoms with Gasteiger partial charge in [-0.15, -0.1) is 0 Å². The molecule has 0 unspecified atom stereocenters. The van der Waals surface area contributed by atoms with Crippen molar-refractivity contribution < 1.29 is 48.7 Å². The number of hydrogen-bond donors (Lipinski definition) is 3. The topological polar surface area (TPSA) is 149 Å². The Hall–Kier alpha value is -1.75. The van der Waals surface area contributed by atoms with Crippen LogP contribution in [0.15, 0.2) is 0 Å². The highest BCUT2D eigenvalue weighted by Gasteiger charge is 2.37. The molecule has 0 aromatic rings. The van der Waals surface area contributed by atoms with E-state index in [1.165, 1.54) is 19.3 Å². The molecule has 3 N–H and O–H groups in total. The summed E-state index contributed by atoms with van der Waals surface area (Å²) in [5.74, 6) is -1.19. The smallest absolute Gasteiger partial charge is 0.305 e. The predicted octanol–water partition coefficient (Wildman–Crippen LogP) is 6.83. The highest BCUT2D eigenvalue weighted by atomic mass is 16.6. The van der Waals surface area contributed by atoms with E-state index in [0.29, 0.717) is 12.8 Å². The molecule has 0 fully saturated rings. The van der Waals surface area contributed by atoms with Gasteiger partial charge in [-0.3, -0.25) is 14.4 Å². The molecule has 47 heavy (non-hydrogen) atoms. The van der Waals surface area contributed by atoms with Gasteiger partial charge in [0, 0.05) is 19.3 Å². The number of carbonyl (C=O) groups is 3. The van der Waals surface area contributed by atoms with Crippen molar-refractivity contribution in [2.45, 2.75) is 156 Å². The van der Waals surface area contributed by atoms with Gasteiger partial charge in [-0.1, -0.05) is 117 Å². The number of carbonyl (C=O) groups excluding carboxylic acids is 3. The predicted molar refractivity (Wildman–Crippen MR) is 184 cm³/mol. The lowest BCUT2D eigenvalue weighted by atomic mass is 9.90. The molecule has 0 aromatic carbocycles. The van der Waals surface area contributed by atoms with E-state index >= 15 is 0 Å². The Kier molecular flexibility index (Phi) is 29.2. The molecular weight excluding hydrogens is 604 g/mol. The molecule has 0 rings (SSSR count). The van der Waals surface area contributed by atoms with Gasteiger partial charge in [0.25, 0.3) is 0 Å². The number of aliphatic hydroxyl groups excluding tert-OH is 3. The number of ether oxygens (including phenoxy) is 4. The summed E-state index contributed by atoms with van der Waals surface area (Å²) >= 11 is 0. The zero-order valence-corrected chi connectivity index (χ0v) is 30.2. The molecule has 0 heterocycles. The molecule has 0 saturated carbocycles. The van der Waals surface area contributed by atoms with Gasteiger partial charge in [0.1, 0.15) is 19.8 Å². The Balaban J connectivity index is 5.13. The molecule has 10 heteroatoms. The van der Waals surface area contributed by atoms with Crippen LogP contribution in [-0.4, -0.2) is 86.1 Å². The first-order valence-corrected chi connectivity index (χ1v) is 18.6. The Bertz CT molecular complexity index is 736. The number of aliphatic hydroxyl groups is 3. The quantitative estimate of drug-likeness (QED) is 0.0377. The van der Waals surface area contributed by atoms with Gasteiger partial charge in [-0.25, -0.2) is 0 Å². The molecule has 278 valence electrons. The first-order chi connectivity index (χ1) is 22.8. The lowest BCUT2D eigenvalue weighted by Crippen LogP contribution is -2.45. The van der Waals surface area contributed by atoms with Gasteiger partial charge in [0.2, 0.25) is 0 Å². The minimum absolute atomic E-state index is 0.175. The standard InChI is InChI=1S/C37H70O10/c1-4-7-10-13-16-19-22-33(41)45-30-36(25-38,26-39)28-44-29-37(27-40,31-46-34(42)23-20-17-14-11-8-5-2)32-47-35(43)24-21-18-15-12-9-6-3/h38-40H,4-32H2,1-3H3. The van der Waals surface area contributed by atoms with E-state index in [-0.39, 0.29) is 52.3 Å². The summed E-state index contributed by atoms with van der Waals surface area (Å²) in [6, 6.07) is 0. The summed E-state index contributed by atoms with van der Waals surface area (Å²) in [5, 5.41) is 30.6. The SMILES string of the molecule is CCCCCCCCC(=O)OCC(CO)(CO)COCC(CO)(COC(=O)CCCCCCCC)COC(=O)CCCCCCCC. The van der Waals surface area contributed by atoms with E-state index in [1.54, 1.807) is 0 Å². The van der Waals surface area contributed by atoms with Crippen LogP contribution in [0.4, 0.5) is 0 Å². The molecule has 0 radical (unpaired) electrons. The maximum atomic E-state index is 12.5. The zero-order chi connectivity index (χ0) is 35.1. The molecule has 0 aliphatic carbocycles. The highest BCUT2D eigenvalue weighted by Crippen LogP contribution is 2.24. The molecule has 0 amide bonds. The third-order valence-electron chi connectivity index (χ3n) is 8.64. The summed E-state index contributed by atoms with van der Waals surface area (Å²) in [5.41, 5.74) is -2.50. The lowest BCUT2D eigenvalue weighted by molar-refractivity contribution is -0.165. The molecular formula is C37H70O10. The van der Waals surface area contributed by atoms with Gasteiger partial charge in [0.15, 0.2) is 0 Å². The highest BCUT2D eigenvalue weighted by molar-refractivity contribution is 5.70. The van der Waals surface area contributed by atoms with Crippen molar-refractivity contribution in [3.8, 4) is 0 Å². The van der Waals surface area contributed by atoms with E-state index in [2.05, 4.69) is 20.8 Å². The second kappa shape index (κ2) is 30.3. The number of hydrogen-bond acceptors (Lipinski definition) is 10. The first kappa shape index (κ1) is 45.2. The van der Waals surface area contributed by atoms with E-state index in [0.717, 1.165) is 83.5 Å². The van der Waals surface area contributed by atoms with Crippen LogP contribution in [0.1, 0.15) is 156 Å². The summed E-state index contributed by atoms with van der Waals surface area (Å²) in [6.07, 6.45) is 19.4. The fourth-order valence-electron chi connectivity index (χ4n) is 5.09. The Labute approximate surface area is 285 Å². The van der Waals surface area contributed by atoms with E-state index in [9.17, 15) is 29.7 Å². The Morgan fingerprint density at radius 2 is 0.681 bits per heavy atom. The van der Waals surface area contributed by atoms with Crippen molar-refractivity contribution in [2.24, 2.45) is 10.8 Å². The average Bonchev–Trinajstić information content (AvgIpc) is 3.08. The average molecular weight is 675 g/mol. The largest absolute Gasteiger partial charge is 0.465 e. The fraction of sp³-hybridized carbons (Fsp3) is 0.919. The molecule has 0 aromatic heterocycles. The second-order valence-corrected chi connectivity index (χ2v) is 13.5. The van der Waals surface area contributed by atoms with Gasteiger partial charge in [-0.2, -0.15) is 0 Å². The Morgan fingerprint density at radius 3 is 1.00 bits per heavy atom. The van der Waals surface area contributed by atoms with E-state index in [1.807, 2.05) is 0 Å². The van der Waals surface area contributed by atoms with Gasteiger partial charge >= 0.3 is 17.9 Å². The third-order valence-corrected chi connectivity index (χ3v) is 8.64. The minimum Gasteiger partial charge on any atom is -0.465 e. The number of unbranched alkanes of at least 4 members (excludes halogenated alkanes) is 15. The normalized spacial score (nSPS) is 11.9. The zero-order valence-electron chi connectivity index (χ0n) is 30.2. The minimum atomic E-state index is -1.26. The van der Waals surface area contributed by atoms with Crippen LogP contribution < -0.4 is 0 Å². The van der Waals surface area contributed by atoms with Crippen molar-refractivity contribution in [1.29, 1.82) is 0 Å². The summed E-state index contributed by atoms with van der Waals surface area (Å²) in [4.78, 5) is 37.4. The van der Waals surface area contributed by atoms with Crippen LogP contribution in [0, 0.1) is 10.8 Å². The fourth-order valence-corrected chi connectivity index (χ4v) is 5.09. The molecule has 0 spiro atoms. The Morgan fingerprint density at radius 1 is 0.404 bits per heavy atom. The first-order valence-electron chi connectivity index (χ1n) is 18.6. The molecule has 0 aliphatic heterocycles. The van der Waals surface area contributed by atoms with Crippen molar-refractivity contribution in [3.05, 3.63) is 0 Å².